The van der Waals surface area contributed by atoms with Crippen molar-refractivity contribution in [3.05, 3.63) is 114 Å². The third kappa shape index (κ3) is 4.27. The van der Waals surface area contributed by atoms with Crippen molar-refractivity contribution in [1.82, 2.24) is 19.7 Å². The summed E-state index contributed by atoms with van der Waals surface area (Å²) in [4.78, 5) is 13.1. The molecule has 5 aromatic rings. The van der Waals surface area contributed by atoms with E-state index < -0.39 is 0 Å². The zero-order valence-corrected chi connectivity index (χ0v) is 20.0. The molecule has 1 aliphatic heterocycles. The van der Waals surface area contributed by atoms with Crippen LogP contribution in [0.25, 0.3) is 16.7 Å². The van der Waals surface area contributed by atoms with Crippen molar-refractivity contribution in [3.63, 3.8) is 0 Å². The molecule has 0 spiro atoms. The van der Waals surface area contributed by atoms with Crippen molar-refractivity contribution in [2.45, 2.75) is 6.04 Å². The molecule has 0 amide bonds. The van der Waals surface area contributed by atoms with Crippen molar-refractivity contribution >= 4 is 28.5 Å². The number of quaternary nitrogens is 1. The largest absolute Gasteiger partial charge is 0.345 e. The van der Waals surface area contributed by atoms with Crippen molar-refractivity contribution in [3.8, 4) is 5.69 Å². The topological polar surface area (TPSA) is 51.3 Å². The van der Waals surface area contributed by atoms with E-state index in [-0.39, 0.29) is 6.04 Å². The van der Waals surface area contributed by atoms with Crippen LogP contribution in [0.4, 0.5) is 5.82 Å². The van der Waals surface area contributed by atoms with E-state index >= 15 is 0 Å². The van der Waals surface area contributed by atoms with Crippen LogP contribution in [0.5, 0.6) is 0 Å². The van der Waals surface area contributed by atoms with E-state index in [2.05, 4.69) is 62.4 Å². The Morgan fingerprint density at radius 1 is 0.771 bits per heavy atom. The molecule has 0 radical (unpaired) electrons. The molecule has 6 nitrogen and oxygen atoms in total. The number of para-hydroxylation sites is 1. The van der Waals surface area contributed by atoms with E-state index in [9.17, 15) is 0 Å². The van der Waals surface area contributed by atoms with E-state index in [1.807, 2.05) is 53.3 Å². The molecule has 1 saturated heterocycles. The molecule has 6 rings (SSSR count). The second-order valence-electron chi connectivity index (χ2n) is 8.87. The van der Waals surface area contributed by atoms with Gasteiger partial charge in [-0.15, -0.1) is 0 Å². The van der Waals surface area contributed by atoms with Crippen LogP contribution in [-0.4, -0.2) is 45.9 Å². The van der Waals surface area contributed by atoms with Crippen molar-refractivity contribution < 1.29 is 4.90 Å². The zero-order valence-electron chi connectivity index (χ0n) is 19.3. The lowest BCUT2D eigenvalue weighted by atomic mass is 9.96. The predicted octanol–water partition coefficient (Wildman–Crippen LogP) is 3.96. The SMILES string of the molecule is Clc1ccc([C@@H](c2ccccc2)[NH+]2CCN(c3ncnc4c3cnn4-c3ccccc3)CC2)cc1. The quantitative estimate of drug-likeness (QED) is 0.413. The van der Waals surface area contributed by atoms with Crippen molar-refractivity contribution in [2.75, 3.05) is 31.1 Å². The van der Waals surface area contributed by atoms with Gasteiger partial charge in [0.1, 0.15) is 18.2 Å². The standard InChI is InChI=1S/C28H25ClN6/c29-23-13-11-22(12-14-23)26(21-7-3-1-4-8-21)33-15-17-34(18-16-33)27-25-19-32-35(28(25)31-20-30-27)24-9-5-2-6-10-24/h1-14,19-20,26H,15-18H2/p+1/t26-/m1/s1. The number of piperazine rings is 1. The third-order valence-electron chi connectivity index (χ3n) is 6.80. The summed E-state index contributed by atoms with van der Waals surface area (Å²) >= 11 is 6.19. The van der Waals surface area contributed by atoms with Gasteiger partial charge in [-0.1, -0.05) is 72.3 Å². The number of hydrogen-bond acceptors (Lipinski definition) is 4. The lowest BCUT2D eigenvalue weighted by Crippen LogP contribution is -3.15. The van der Waals surface area contributed by atoms with E-state index in [4.69, 9.17) is 11.6 Å². The first-order valence-corrected chi connectivity index (χ1v) is 12.3. The maximum absolute atomic E-state index is 6.19. The van der Waals surface area contributed by atoms with Crippen LogP contribution in [0.3, 0.4) is 0 Å². The number of fused-ring (bicyclic) bond motifs is 1. The number of rotatable bonds is 5. The maximum atomic E-state index is 6.19. The van der Waals surface area contributed by atoms with Gasteiger partial charge in [-0.25, -0.2) is 14.6 Å². The molecular weight excluding hydrogens is 456 g/mol. The molecule has 1 fully saturated rings. The molecule has 0 unspecified atom stereocenters. The van der Waals surface area contributed by atoms with Gasteiger partial charge in [0.05, 0.1) is 43.4 Å². The molecule has 3 heterocycles. The number of halogens is 1. The second-order valence-corrected chi connectivity index (χ2v) is 9.30. The summed E-state index contributed by atoms with van der Waals surface area (Å²) in [6.07, 6.45) is 3.54. The van der Waals surface area contributed by atoms with Gasteiger partial charge in [0, 0.05) is 16.1 Å². The minimum absolute atomic E-state index is 0.266. The Bertz CT molecular complexity index is 1410. The summed E-state index contributed by atoms with van der Waals surface area (Å²) in [6.45, 7) is 3.82. The lowest BCUT2D eigenvalue weighted by molar-refractivity contribution is -0.926. The Labute approximate surface area is 209 Å². The molecule has 1 N–H and O–H groups in total. The first-order valence-electron chi connectivity index (χ1n) is 11.9. The Morgan fingerprint density at radius 3 is 2.14 bits per heavy atom. The Kier molecular flexibility index (Phi) is 5.90. The second kappa shape index (κ2) is 9.49. The number of aromatic nitrogens is 4. The lowest BCUT2D eigenvalue weighted by Gasteiger charge is -2.37. The minimum atomic E-state index is 0.266. The van der Waals surface area contributed by atoms with Gasteiger partial charge in [0.25, 0.3) is 0 Å². The molecule has 2 aromatic heterocycles. The fourth-order valence-electron chi connectivity index (χ4n) is 5.10. The predicted molar refractivity (Wildman–Crippen MR) is 139 cm³/mol. The van der Waals surface area contributed by atoms with Crippen LogP contribution in [-0.2, 0) is 0 Å². The minimum Gasteiger partial charge on any atom is -0.345 e. The normalized spacial score (nSPS) is 15.4. The van der Waals surface area contributed by atoms with Crippen LogP contribution >= 0.6 is 11.6 Å². The molecule has 1 atom stereocenters. The number of hydrogen-bond donors (Lipinski definition) is 1. The highest BCUT2D eigenvalue weighted by molar-refractivity contribution is 6.30. The fourth-order valence-corrected chi connectivity index (χ4v) is 5.23. The molecule has 1 aliphatic rings. The molecule has 7 heteroatoms. The van der Waals surface area contributed by atoms with E-state index in [1.54, 1.807) is 11.2 Å². The monoisotopic (exact) mass is 481 g/mol. The molecule has 174 valence electrons. The van der Waals surface area contributed by atoms with Crippen LogP contribution in [0.2, 0.25) is 5.02 Å². The van der Waals surface area contributed by atoms with Gasteiger partial charge in [0.15, 0.2) is 5.65 Å². The number of benzene rings is 3. The highest BCUT2D eigenvalue weighted by Gasteiger charge is 2.31. The number of anilines is 1. The fraction of sp³-hybridized carbons (Fsp3) is 0.179. The average Bonchev–Trinajstić information content (AvgIpc) is 3.36. The summed E-state index contributed by atoms with van der Waals surface area (Å²) in [5.74, 6) is 0.957. The summed E-state index contributed by atoms with van der Waals surface area (Å²) in [7, 11) is 0. The molecule has 3 aromatic carbocycles. The van der Waals surface area contributed by atoms with Gasteiger partial charge in [-0.2, -0.15) is 5.10 Å². The van der Waals surface area contributed by atoms with Gasteiger partial charge < -0.3 is 9.80 Å². The number of nitrogens with zero attached hydrogens (tertiary/aromatic N) is 5. The third-order valence-corrected chi connectivity index (χ3v) is 7.05. The van der Waals surface area contributed by atoms with Gasteiger partial charge in [0.2, 0.25) is 0 Å². The van der Waals surface area contributed by atoms with Crippen LogP contribution in [0.15, 0.2) is 97.5 Å². The van der Waals surface area contributed by atoms with E-state index in [1.165, 1.54) is 11.1 Å². The van der Waals surface area contributed by atoms with Gasteiger partial charge >= 0.3 is 0 Å². The van der Waals surface area contributed by atoms with Crippen LogP contribution in [0.1, 0.15) is 17.2 Å². The highest BCUT2D eigenvalue weighted by Crippen LogP contribution is 2.26. The molecule has 0 bridgehead atoms. The maximum Gasteiger partial charge on any atom is 0.168 e. The van der Waals surface area contributed by atoms with E-state index in [0.717, 1.165) is 53.7 Å². The Balaban J connectivity index is 1.27. The Hall–Kier alpha value is -3.74. The van der Waals surface area contributed by atoms with Gasteiger partial charge in [-0.05, 0) is 24.3 Å². The molecule has 35 heavy (non-hydrogen) atoms. The average molecular weight is 482 g/mol. The summed E-state index contributed by atoms with van der Waals surface area (Å²) < 4.78 is 1.88. The first-order chi connectivity index (χ1) is 17.3. The van der Waals surface area contributed by atoms with E-state index in [0.29, 0.717) is 0 Å². The Morgan fingerprint density at radius 2 is 1.43 bits per heavy atom. The molecule has 0 saturated carbocycles. The van der Waals surface area contributed by atoms with Crippen LogP contribution in [0, 0.1) is 0 Å². The summed E-state index contributed by atoms with van der Waals surface area (Å²) in [6, 6.07) is 29.4. The summed E-state index contributed by atoms with van der Waals surface area (Å²) in [5, 5.41) is 6.37. The summed E-state index contributed by atoms with van der Waals surface area (Å²) in [5.41, 5.74) is 4.44. The van der Waals surface area contributed by atoms with Crippen molar-refractivity contribution in [2.24, 2.45) is 0 Å². The van der Waals surface area contributed by atoms with Crippen LogP contribution < -0.4 is 9.80 Å². The van der Waals surface area contributed by atoms with Gasteiger partial charge in [-0.3, -0.25) is 0 Å². The molecular formula is C28H26ClN6+. The molecule has 0 aliphatic carbocycles. The first kappa shape index (κ1) is 21.8. The van der Waals surface area contributed by atoms with Crippen molar-refractivity contribution in [1.29, 1.82) is 0 Å². The highest BCUT2D eigenvalue weighted by atomic mass is 35.5. The number of nitrogens with one attached hydrogen (secondary N) is 1. The zero-order chi connectivity index (χ0) is 23.6. The smallest absolute Gasteiger partial charge is 0.168 e.